The molecule has 1 nitrogen and oxygen atoms in total. The van der Waals surface area contributed by atoms with Crippen LogP contribution < -0.4 is 0 Å². The molecule has 2 unspecified atom stereocenters. The molecule has 0 saturated heterocycles. The van der Waals surface area contributed by atoms with Crippen LogP contribution in [0.25, 0.3) is 0 Å². The molecule has 86 valence electrons. The van der Waals surface area contributed by atoms with Crippen LogP contribution in [0, 0.1) is 11.8 Å². The first-order valence-electron chi connectivity index (χ1n) is 6.16. The van der Waals surface area contributed by atoms with Gasteiger partial charge in [-0.2, -0.15) is 0 Å². The quantitative estimate of drug-likeness (QED) is 0.658. The van der Waals surface area contributed by atoms with E-state index in [-0.39, 0.29) is 0 Å². The topological polar surface area (TPSA) is 20.2 Å². The molecule has 0 aliphatic rings. The van der Waals surface area contributed by atoms with Crippen molar-refractivity contribution >= 4 is 0 Å². The van der Waals surface area contributed by atoms with Crippen molar-refractivity contribution in [2.24, 2.45) is 11.8 Å². The smallest absolute Gasteiger partial charge is 0.0645 e. The van der Waals surface area contributed by atoms with E-state index in [9.17, 15) is 5.11 Å². The van der Waals surface area contributed by atoms with Crippen molar-refractivity contribution in [3.8, 4) is 0 Å². The van der Waals surface area contributed by atoms with Gasteiger partial charge >= 0.3 is 0 Å². The molecule has 0 rings (SSSR count). The molecule has 0 heterocycles. The van der Waals surface area contributed by atoms with Gasteiger partial charge in [-0.15, -0.1) is 0 Å². The summed E-state index contributed by atoms with van der Waals surface area (Å²) in [6, 6.07) is 0. The van der Waals surface area contributed by atoms with Gasteiger partial charge in [0.2, 0.25) is 0 Å². The molecule has 0 spiro atoms. The highest BCUT2D eigenvalue weighted by Gasteiger charge is 2.27. The van der Waals surface area contributed by atoms with Crippen molar-refractivity contribution in [2.75, 3.05) is 0 Å². The van der Waals surface area contributed by atoms with Crippen LogP contribution >= 0.6 is 0 Å². The molecule has 0 saturated carbocycles. The molecule has 0 aliphatic heterocycles. The zero-order chi connectivity index (χ0) is 11.2. The maximum atomic E-state index is 10.2. The van der Waals surface area contributed by atoms with Crippen LogP contribution in [0.4, 0.5) is 0 Å². The van der Waals surface area contributed by atoms with Crippen LogP contribution in [-0.2, 0) is 0 Å². The van der Waals surface area contributed by atoms with E-state index in [0.717, 1.165) is 6.42 Å². The summed E-state index contributed by atoms with van der Waals surface area (Å²) in [5, 5.41) is 10.2. The van der Waals surface area contributed by atoms with Gasteiger partial charge in [-0.3, -0.25) is 0 Å². The Morgan fingerprint density at radius 2 is 1.79 bits per heavy atom. The van der Waals surface area contributed by atoms with Crippen LogP contribution in [0.1, 0.15) is 66.7 Å². The van der Waals surface area contributed by atoms with Crippen molar-refractivity contribution in [3.05, 3.63) is 0 Å². The first kappa shape index (κ1) is 14.0. The molecule has 1 heteroatoms. The lowest BCUT2D eigenvalue weighted by Gasteiger charge is -2.31. The lowest BCUT2D eigenvalue weighted by molar-refractivity contribution is -0.0110. The molecule has 0 radical (unpaired) electrons. The summed E-state index contributed by atoms with van der Waals surface area (Å²) >= 11 is 0. The highest BCUT2D eigenvalue weighted by molar-refractivity contribution is 4.79. The molecule has 0 amide bonds. The van der Waals surface area contributed by atoms with Crippen LogP contribution in [0.2, 0.25) is 0 Å². The summed E-state index contributed by atoms with van der Waals surface area (Å²) in [6.07, 6.45) is 5.99. The number of rotatable bonds is 7. The Labute approximate surface area is 89.9 Å². The number of hydrogen-bond acceptors (Lipinski definition) is 1. The summed E-state index contributed by atoms with van der Waals surface area (Å²) in [5.41, 5.74) is -0.478. The van der Waals surface area contributed by atoms with E-state index < -0.39 is 5.60 Å². The third kappa shape index (κ3) is 4.99. The normalized spacial score (nSPS) is 18.2. The van der Waals surface area contributed by atoms with Crippen molar-refractivity contribution in [1.29, 1.82) is 0 Å². The van der Waals surface area contributed by atoms with Crippen LogP contribution in [-0.4, -0.2) is 10.7 Å². The first-order valence-corrected chi connectivity index (χ1v) is 6.16. The van der Waals surface area contributed by atoms with Crippen molar-refractivity contribution in [2.45, 2.75) is 72.3 Å². The molecule has 0 bridgehead atoms. The minimum Gasteiger partial charge on any atom is -0.390 e. The van der Waals surface area contributed by atoms with Gasteiger partial charge in [-0.05, 0) is 25.2 Å². The van der Waals surface area contributed by atoms with Gasteiger partial charge in [0.05, 0.1) is 5.60 Å². The molecular formula is C13H28O. The predicted molar refractivity (Wildman–Crippen MR) is 63.4 cm³/mol. The predicted octanol–water partition coefficient (Wildman–Crippen LogP) is 4.00. The molecule has 2 atom stereocenters. The number of unbranched alkanes of at least 4 members (excludes halogenated alkanes) is 1. The molecule has 1 N–H and O–H groups in total. The van der Waals surface area contributed by atoms with Gasteiger partial charge in [-0.25, -0.2) is 0 Å². The van der Waals surface area contributed by atoms with Gasteiger partial charge in [0.15, 0.2) is 0 Å². The lowest BCUT2D eigenvalue weighted by Crippen LogP contribution is -2.33. The van der Waals surface area contributed by atoms with E-state index in [1.165, 1.54) is 25.7 Å². The third-order valence-corrected chi connectivity index (χ3v) is 3.49. The van der Waals surface area contributed by atoms with E-state index >= 15 is 0 Å². The zero-order valence-electron chi connectivity index (χ0n) is 10.6. The molecule has 0 fully saturated rings. The fraction of sp³-hybridized carbons (Fsp3) is 1.00. The van der Waals surface area contributed by atoms with Gasteiger partial charge < -0.3 is 5.11 Å². The van der Waals surface area contributed by atoms with Crippen molar-refractivity contribution in [3.63, 3.8) is 0 Å². The summed E-state index contributed by atoms with van der Waals surface area (Å²) in [5.74, 6) is 1.06. The minimum absolute atomic E-state index is 0.359. The summed E-state index contributed by atoms with van der Waals surface area (Å²) in [7, 11) is 0. The van der Waals surface area contributed by atoms with Gasteiger partial charge in [0.25, 0.3) is 0 Å². The zero-order valence-corrected chi connectivity index (χ0v) is 10.6. The average molecular weight is 200 g/mol. The maximum Gasteiger partial charge on any atom is 0.0645 e. The molecule has 0 aliphatic carbocycles. The van der Waals surface area contributed by atoms with Crippen molar-refractivity contribution in [1.82, 2.24) is 0 Å². The first-order chi connectivity index (χ1) is 6.44. The Morgan fingerprint density at radius 1 is 1.21 bits per heavy atom. The second-order valence-electron chi connectivity index (χ2n) is 5.13. The standard InChI is InChI=1S/C13H28O/c1-6-8-9-12(7-2)10-13(5,14)11(3)4/h11-12,14H,6-10H2,1-5H3. The molecule has 14 heavy (non-hydrogen) atoms. The third-order valence-electron chi connectivity index (χ3n) is 3.49. The highest BCUT2D eigenvalue weighted by atomic mass is 16.3. The van der Waals surface area contributed by atoms with Gasteiger partial charge in [-0.1, -0.05) is 53.4 Å². The Kier molecular flexibility index (Phi) is 6.43. The Bertz CT molecular complexity index is 138. The largest absolute Gasteiger partial charge is 0.390 e. The van der Waals surface area contributed by atoms with E-state index in [1.807, 2.05) is 6.92 Å². The Hall–Kier alpha value is -0.0400. The van der Waals surface area contributed by atoms with Gasteiger partial charge in [0.1, 0.15) is 0 Å². The Morgan fingerprint density at radius 3 is 2.14 bits per heavy atom. The van der Waals surface area contributed by atoms with E-state index in [1.54, 1.807) is 0 Å². The van der Waals surface area contributed by atoms with E-state index in [0.29, 0.717) is 11.8 Å². The summed E-state index contributed by atoms with van der Waals surface area (Å²) in [6.45, 7) is 10.6. The fourth-order valence-corrected chi connectivity index (χ4v) is 1.76. The maximum absolute atomic E-state index is 10.2. The number of aliphatic hydroxyl groups is 1. The van der Waals surface area contributed by atoms with Gasteiger partial charge in [0, 0.05) is 0 Å². The molecule has 0 aromatic rings. The summed E-state index contributed by atoms with van der Waals surface area (Å²) < 4.78 is 0. The van der Waals surface area contributed by atoms with E-state index in [2.05, 4.69) is 27.7 Å². The monoisotopic (exact) mass is 200 g/mol. The second kappa shape index (κ2) is 6.44. The van der Waals surface area contributed by atoms with Crippen LogP contribution in [0.3, 0.4) is 0 Å². The average Bonchev–Trinajstić information content (AvgIpc) is 2.11. The molecule has 0 aromatic heterocycles. The van der Waals surface area contributed by atoms with E-state index in [4.69, 9.17) is 0 Å². The van der Waals surface area contributed by atoms with Crippen molar-refractivity contribution < 1.29 is 5.11 Å². The second-order valence-corrected chi connectivity index (χ2v) is 5.13. The SMILES string of the molecule is CCCCC(CC)CC(C)(O)C(C)C. The molecular weight excluding hydrogens is 172 g/mol. The minimum atomic E-state index is -0.478. The van der Waals surface area contributed by atoms with Crippen LogP contribution in [0.5, 0.6) is 0 Å². The number of hydrogen-bond donors (Lipinski definition) is 1. The fourth-order valence-electron chi connectivity index (χ4n) is 1.76. The highest BCUT2D eigenvalue weighted by Crippen LogP contribution is 2.29. The van der Waals surface area contributed by atoms with Crippen LogP contribution in [0.15, 0.2) is 0 Å². The Balaban J connectivity index is 4.02. The summed E-state index contributed by atoms with van der Waals surface area (Å²) in [4.78, 5) is 0. The lowest BCUT2D eigenvalue weighted by atomic mass is 9.81. The molecule has 0 aromatic carbocycles.